The molecule has 2 N–H and O–H groups in total. The van der Waals surface area contributed by atoms with Crippen molar-refractivity contribution in [1.29, 1.82) is 0 Å². The summed E-state index contributed by atoms with van der Waals surface area (Å²) in [6.07, 6.45) is 0. The number of hydrogen-bond acceptors (Lipinski definition) is 4. The molecule has 0 saturated heterocycles. The van der Waals surface area contributed by atoms with Crippen molar-refractivity contribution < 1.29 is 17.9 Å². The van der Waals surface area contributed by atoms with Gasteiger partial charge in [-0.3, -0.25) is 9.52 Å². The first-order valence-electron chi connectivity index (χ1n) is 9.05. The maximum Gasteiger partial charge on any atom is 0.261 e. The molecule has 30 heavy (non-hydrogen) atoms. The van der Waals surface area contributed by atoms with Crippen LogP contribution in [0.1, 0.15) is 21.5 Å². The van der Waals surface area contributed by atoms with Gasteiger partial charge in [-0.1, -0.05) is 29.8 Å². The quantitative estimate of drug-likeness (QED) is 0.559. The topological polar surface area (TPSA) is 84.5 Å². The molecule has 0 saturated carbocycles. The summed E-state index contributed by atoms with van der Waals surface area (Å²) in [7, 11) is -2.31. The van der Waals surface area contributed by atoms with Crippen LogP contribution < -0.4 is 14.8 Å². The maximum absolute atomic E-state index is 12.7. The van der Waals surface area contributed by atoms with Crippen LogP contribution in [0.4, 0.5) is 11.4 Å². The van der Waals surface area contributed by atoms with Crippen LogP contribution in [0.5, 0.6) is 5.75 Å². The average molecular weight is 445 g/mol. The van der Waals surface area contributed by atoms with Gasteiger partial charge in [0.05, 0.1) is 28.3 Å². The molecule has 0 aromatic heterocycles. The molecular formula is C22H21ClN2O4S. The predicted molar refractivity (Wildman–Crippen MR) is 119 cm³/mol. The Bertz CT molecular complexity index is 1170. The number of aryl methyl sites for hydroxylation is 2. The molecule has 156 valence electrons. The Morgan fingerprint density at radius 1 is 0.967 bits per heavy atom. The third-order valence-corrected chi connectivity index (χ3v) is 6.27. The predicted octanol–water partition coefficient (Wildman–Crippen LogP) is 5.02. The highest BCUT2D eigenvalue weighted by Gasteiger charge is 2.17. The zero-order chi connectivity index (χ0) is 21.9. The standard InChI is InChI=1S/C22H21ClN2O4S/c1-14-5-4-6-15(2)21(14)24-22(26)19-12-7-16(13-20(19)23)25-30(27,28)18-10-8-17(29-3)9-11-18/h4-13,25H,1-3H3,(H,24,26). The van der Waals surface area contributed by atoms with E-state index in [4.69, 9.17) is 16.3 Å². The molecule has 0 aliphatic heterocycles. The number of benzene rings is 3. The highest BCUT2D eigenvalue weighted by Crippen LogP contribution is 2.26. The number of hydrogen-bond donors (Lipinski definition) is 2. The van der Waals surface area contributed by atoms with Gasteiger partial charge in [0.15, 0.2) is 0 Å². The third-order valence-electron chi connectivity index (χ3n) is 4.56. The second kappa shape index (κ2) is 8.77. The second-order valence-corrected chi connectivity index (χ2v) is 8.79. The first-order valence-corrected chi connectivity index (χ1v) is 10.9. The Morgan fingerprint density at radius 3 is 2.17 bits per heavy atom. The van der Waals surface area contributed by atoms with Gasteiger partial charge in [0.1, 0.15) is 5.75 Å². The van der Waals surface area contributed by atoms with Gasteiger partial charge in [-0.05, 0) is 67.4 Å². The van der Waals surface area contributed by atoms with Gasteiger partial charge in [-0.25, -0.2) is 8.42 Å². The van der Waals surface area contributed by atoms with E-state index >= 15 is 0 Å². The van der Waals surface area contributed by atoms with Crippen molar-refractivity contribution in [1.82, 2.24) is 0 Å². The van der Waals surface area contributed by atoms with Gasteiger partial charge in [0.25, 0.3) is 15.9 Å². The van der Waals surface area contributed by atoms with Crippen LogP contribution in [0.15, 0.2) is 65.6 Å². The molecule has 0 radical (unpaired) electrons. The lowest BCUT2D eigenvalue weighted by Gasteiger charge is -2.13. The number of carbonyl (C=O) groups excluding carboxylic acids is 1. The maximum atomic E-state index is 12.7. The number of anilines is 2. The van der Waals surface area contributed by atoms with Crippen LogP contribution in [0.3, 0.4) is 0 Å². The van der Waals surface area contributed by atoms with Crippen molar-refractivity contribution in [3.63, 3.8) is 0 Å². The molecule has 6 nitrogen and oxygen atoms in total. The molecular weight excluding hydrogens is 424 g/mol. The first-order chi connectivity index (χ1) is 14.2. The second-order valence-electron chi connectivity index (χ2n) is 6.70. The van der Waals surface area contributed by atoms with Crippen molar-refractivity contribution in [2.75, 3.05) is 17.1 Å². The molecule has 3 aromatic carbocycles. The minimum atomic E-state index is -3.81. The first kappa shape index (κ1) is 21.7. The van der Waals surface area contributed by atoms with Crippen molar-refractivity contribution in [3.8, 4) is 5.75 Å². The van der Waals surface area contributed by atoms with E-state index in [0.29, 0.717) is 5.75 Å². The Labute approximate surface area is 180 Å². The molecule has 8 heteroatoms. The average Bonchev–Trinajstić information content (AvgIpc) is 2.70. The number of carbonyl (C=O) groups is 1. The van der Waals surface area contributed by atoms with E-state index in [9.17, 15) is 13.2 Å². The third kappa shape index (κ3) is 4.75. The number of amides is 1. The summed E-state index contributed by atoms with van der Waals surface area (Å²) in [5, 5.41) is 3.00. The lowest BCUT2D eigenvalue weighted by atomic mass is 10.1. The number of para-hydroxylation sites is 1. The fourth-order valence-corrected chi connectivity index (χ4v) is 4.24. The largest absolute Gasteiger partial charge is 0.497 e. The molecule has 3 rings (SSSR count). The molecule has 0 aliphatic carbocycles. The van der Waals surface area contributed by atoms with E-state index in [0.717, 1.165) is 16.8 Å². The highest BCUT2D eigenvalue weighted by atomic mass is 35.5. The SMILES string of the molecule is COc1ccc(S(=O)(=O)Nc2ccc(C(=O)Nc3c(C)cccc3C)c(Cl)c2)cc1. The number of rotatable bonds is 6. The molecule has 0 aliphatic rings. The van der Waals surface area contributed by atoms with Gasteiger partial charge in [0, 0.05) is 5.69 Å². The summed E-state index contributed by atoms with van der Waals surface area (Å²) in [4.78, 5) is 12.8. The summed E-state index contributed by atoms with van der Waals surface area (Å²) in [5.41, 5.74) is 3.08. The van der Waals surface area contributed by atoms with E-state index in [1.165, 1.54) is 37.4 Å². The van der Waals surface area contributed by atoms with Crippen molar-refractivity contribution in [3.05, 3.63) is 82.4 Å². The molecule has 0 atom stereocenters. The van der Waals surface area contributed by atoms with Crippen LogP contribution in [0.2, 0.25) is 5.02 Å². The molecule has 1 amide bonds. The van der Waals surface area contributed by atoms with E-state index in [1.54, 1.807) is 12.1 Å². The van der Waals surface area contributed by atoms with Crippen LogP contribution >= 0.6 is 11.6 Å². The normalized spacial score (nSPS) is 11.1. The van der Waals surface area contributed by atoms with Crippen molar-refractivity contribution in [2.45, 2.75) is 18.7 Å². The Morgan fingerprint density at radius 2 is 1.60 bits per heavy atom. The van der Waals surface area contributed by atoms with Crippen molar-refractivity contribution >= 4 is 38.9 Å². The van der Waals surface area contributed by atoms with Gasteiger partial charge in [-0.15, -0.1) is 0 Å². The number of nitrogens with one attached hydrogen (secondary N) is 2. The zero-order valence-corrected chi connectivity index (χ0v) is 18.3. The summed E-state index contributed by atoms with van der Waals surface area (Å²) in [5.74, 6) is 0.179. The van der Waals surface area contributed by atoms with Gasteiger partial charge in [-0.2, -0.15) is 0 Å². The minimum Gasteiger partial charge on any atom is -0.497 e. The Balaban J connectivity index is 1.80. The summed E-state index contributed by atoms with van der Waals surface area (Å²) in [6.45, 7) is 3.81. The molecule has 0 spiro atoms. The van der Waals surface area contributed by atoms with E-state index in [-0.39, 0.29) is 27.1 Å². The fourth-order valence-electron chi connectivity index (χ4n) is 2.92. The fraction of sp³-hybridized carbons (Fsp3) is 0.136. The summed E-state index contributed by atoms with van der Waals surface area (Å²) in [6, 6.07) is 16.1. The van der Waals surface area contributed by atoms with Crippen molar-refractivity contribution in [2.24, 2.45) is 0 Å². The Hall–Kier alpha value is -3.03. The van der Waals surface area contributed by atoms with Crippen LogP contribution in [-0.4, -0.2) is 21.4 Å². The lowest BCUT2D eigenvalue weighted by Crippen LogP contribution is -2.15. The highest BCUT2D eigenvalue weighted by molar-refractivity contribution is 7.92. The molecule has 0 bridgehead atoms. The van der Waals surface area contributed by atoms with Crippen LogP contribution in [0.25, 0.3) is 0 Å². The number of methoxy groups -OCH3 is 1. The number of halogens is 1. The van der Waals surface area contributed by atoms with Crippen LogP contribution in [0, 0.1) is 13.8 Å². The number of ether oxygens (including phenoxy) is 1. The molecule has 0 heterocycles. The number of sulfonamides is 1. The minimum absolute atomic E-state index is 0.0799. The smallest absolute Gasteiger partial charge is 0.261 e. The lowest BCUT2D eigenvalue weighted by molar-refractivity contribution is 0.102. The van der Waals surface area contributed by atoms with E-state index in [2.05, 4.69) is 10.0 Å². The molecule has 0 fully saturated rings. The van der Waals surface area contributed by atoms with Gasteiger partial charge < -0.3 is 10.1 Å². The Kier molecular flexibility index (Phi) is 6.34. The summed E-state index contributed by atoms with van der Waals surface area (Å²) < 4.78 is 32.6. The van der Waals surface area contributed by atoms with Crippen LogP contribution in [-0.2, 0) is 10.0 Å². The molecule has 0 unspecified atom stereocenters. The summed E-state index contributed by atoms with van der Waals surface area (Å²) >= 11 is 6.27. The molecule has 3 aromatic rings. The van der Waals surface area contributed by atoms with E-state index in [1.807, 2.05) is 32.0 Å². The van der Waals surface area contributed by atoms with Gasteiger partial charge >= 0.3 is 0 Å². The zero-order valence-electron chi connectivity index (χ0n) is 16.7. The monoisotopic (exact) mass is 444 g/mol. The van der Waals surface area contributed by atoms with Gasteiger partial charge in [0.2, 0.25) is 0 Å². The van der Waals surface area contributed by atoms with E-state index < -0.39 is 10.0 Å².